The summed E-state index contributed by atoms with van der Waals surface area (Å²) in [7, 11) is 0. The van der Waals surface area contributed by atoms with Crippen LogP contribution in [-0.4, -0.2) is 23.1 Å². The second kappa shape index (κ2) is 10.2. The first-order chi connectivity index (χ1) is 15.2. The van der Waals surface area contributed by atoms with Crippen molar-refractivity contribution in [3.8, 4) is 11.5 Å². The highest BCUT2D eigenvalue weighted by molar-refractivity contribution is 5.97. The number of pyridine rings is 1. The molecule has 0 spiro atoms. The summed E-state index contributed by atoms with van der Waals surface area (Å²) in [4.78, 5) is 16.3. The third kappa shape index (κ3) is 4.52. The Morgan fingerprint density at radius 1 is 0.909 bits per heavy atom. The number of aryl methyl sites for hydroxylation is 1. The monoisotopic (exact) mass is 480 g/mol. The zero-order valence-electron chi connectivity index (χ0n) is 18.8. The molecule has 2 aliphatic rings. The molecule has 0 radical (unpaired) electrons. The minimum absolute atomic E-state index is 0. The van der Waals surface area contributed by atoms with Gasteiger partial charge in [0.05, 0.1) is 11.0 Å². The summed E-state index contributed by atoms with van der Waals surface area (Å²) in [6, 6.07) is 18.3. The molecule has 0 unspecified atom stereocenters. The molecule has 0 fully saturated rings. The lowest BCUT2D eigenvalue weighted by atomic mass is 10.0. The molecule has 170 valence electrons. The van der Waals surface area contributed by atoms with E-state index in [-0.39, 0.29) is 24.8 Å². The van der Waals surface area contributed by atoms with Crippen molar-refractivity contribution in [3.63, 3.8) is 0 Å². The Morgan fingerprint density at radius 2 is 1.61 bits per heavy atom. The number of rotatable bonds is 4. The molecule has 0 saturated carbocycles. The zero-order chi connectivity index (χ0) is 21.4. The van der Waals surface area contributed by atoms with Crippen LogP contribution in [0, 0.1) is 6.92 Å². The maximum absolute atomic E-state index is 6.43. The minimum Gasteiger partial charge on any atom is -0.453 e. The van der Waals surface area contributed by atoms with E-state index in [9.17, 15) is 0 Å². The number of halogens is 2. The molecule has 0 N–H and O–H groups in total. The van der Waals surface area contributed by atoms with E-state index in [2.05, 4.69) is 54.9 Å². The molecule has 33 heavy (non-hydrogen) atoms. The standard InChI is InChI=1S/C26H24N4O.2ClH/c1-4-30(5-2)19-14-17(3)25-23(15-19)31-24-16-22(28-18-10-12-27-13-11-18)20-8-6-7-9-21(20)26(24)29-25;;/h6-16H,4-5H2,1-3H3;2*1H. The predicted octanol–water partition coefficient (Wildman–Crippen LogP) is 6.71. The van der Waals surface area contributed by atoms with Crippen molar-refractivity contribution in [2.24, 2.45) is 4.99 Å². The van der Waals surface area contributed by atoms with Gasteiger partial charge < -0.3 is 9.32 Å². The zero-order valence-corrected chi connectivity index (χ0v) is 20.4. The molecule has 0 bridgehead atoms. The molecule has 1 aliphatic heterocycles. The molecule has 0 amide bonds. The van der Waals surface area contributed by atoms with Gasteiger partial charge in [0, 0.05) is 54.1 Å². The number of anilines is 1. The highest BCUT2D eigenvalue weighted by atomic mass is 35.5. The molecule has 7 heteroatoms. The van der Waals surface area contributed by atoms with E-state index >= 15 is 0 Å². The van der Waals surface area contributed by atoms with Crippen LogP contribution in [0.15, 0.2) is 76.4 Å². The molecule has 2 aromatic carbocycles. The summed E-state index contributed by atoms with van der Waals surface area (Å²) in [6.07, 6.45) is 3.50. The quantitative estimate of drug-likeness (QED) is 0.211. The van der Waals surface area contributed by atoms with Crippen LogP contribution in [0.1, 0.15) is 19.4 Å². The number of fused-ring (bicyclic) bond motifs is 4. The number of benzene rings is 3. The Balaban J connectivity index is 0.00000153. The fraction of sp³-hybridized carbons (Fsp3) is 0.192. The molecular weight excluding hydrogens is 455 g/mol. The second-order valence-electron chi connectivity index (χ2n) is 7.60. The molecule has 0 saturated heterocycles. The van der Waals surface area contributed by atoms with Gasteiger partial charge in [-0.05, 0) is 44.5 Å². The Kier molecular flexibility index (Phi) is 7.57. The summed E-state index contributed by atoms with van der Waals surface area (Å²) >= 11 is 0. The lowest BCUT2D eigenvalue weighted by Gasteiger charge is -2.22. The number of hydrogen-bond acceptors (Lipinski definition) is 5. The maximum atomic E-state index is 6.43. The van der Waals surface area contributed by atoms with Crippen LogP contribution in [0.2, 0.25) is 0 Å². The maximum Gasteiger partial charge on any atom is 0.155 e. The lowest BCUT2D eigenvalue weighted by Crippen LogP contribution is -2.21. The van der Waals surface area contributed by atoms with Crippen molar-refractivity contribution < 1.29 is 4.42 Å². The average Bonchev–Trinajstić information content (AvgIpc) is 2.80. The summed E-state index contributed by atoms with van der Waals surface area (Å²) in [5, 5.41) is 2.94. The second-order valence-corrected chi connectivity index (χ2v) is 7.60. The number of aromatic nitrogens is 2. The van der Waals surface area contributed by atoms with Crippen LogP contribution in [0.25, 0.3) is 33.3 Å². The van der Waals surface area contributed by atoms with Crippen LogP contribution in [0.5, 0.6) is 0 Å². The first kappa shape index (κ1) is 24.5. The highest BCUT2D eigenvalue weighted by Crippen LogP contribution is 2.33. The molecule has 3 aromatic rings. The highest BCUT2D eigenvalue weighted by Gasteiger charge is 2.17. The van der Waals surface area contributed by atoms with Crippen LogP contribution >= 0.6 is 24.8 Å². The molecule has 2 heterocycles. The SMILES string of the molecule is CCN(CC)c1cc(C)c2nc3c4ccccc4c(=Nc4ccncc4)cc-3oc2c1.Cl.Cl. The molecule has 5 nitrogen and oxygen atoms in total. The lowest BCUT2D eigenvalue weighted by molar-refractivity contribution is 0.613. The Morgan fingerprint density at radius 3 is 2.30 bits per heavy atom. The van der Waals surface area contributed by atoms with Crippen molar-refractivity contribution in [1.29, 1.82) is 0 Å². The average molecular weight is 481 g/mol. The van der Waals surface area contributed by atoms with Gasteiger partial charge in [0.2, 0.25) is 0 Å². The first-order valence-electron chi connectivity index (χ1n) is 10.6. The fourth-order valence-electron chi connectivity index (χ4n) is 4.11. The van der Waals surface area contributed by atoms with Crippen molar-refractivity contribution in [3.05, 3.63) is 77.9 Å². The number of hydrogen-bond donors (Lipinski definition) is 0. The third-order valence-electron chi connectivity index (χ3n) is 5.69. The minimum atomic E-state index is 0. The summed E-state index contributed by atoms with van der Waals surface area (Å²) in [5.74, 6) is 0.732. The van der Waals surface area contributed by atoms with Crippen LogP contribution in [-0.2, 0) is 0 Å². The van der Waals surface area contributed by atoms with Crippen molar-refractivity contribution in [2.75, 3.05) is 18.0 Å². The van der Waals surface area contributed by atoms with E-state index in [0.29, 0.717) is 0 Å². The van der Waals surface area contributed by atoms with E-state index in [1.807, 2.05) is 30.3 Å². The van der Waals surface area contributed by atoms with Crippen molar-refractivity contribution in [1.82, 2.24) is 9.97 Å². The molecule has 1 aromatic heterocycles. The Labute approximate surface area is 205 Å². The normalized spacial score (nSPS) is 11.4. The van der Waals surface area contributed by atoms with Gasteiger partial charge in [0.15, 0.2) is 11.3 Å². The van der Waals surface area contributed by atoms with Gasteiger partial charge in [-0.2, -0.15) is 0 Å². The van der Waals surface area contributed by atoms with Gasteiger partial charge in [-0.1, -0.05) is 24.3 Å². The fourth-order valence-corrected chi connectivity index (χ4v) is 4.11. The summed E-state index contributed by atoms with van der Waals surface area (Å²) in [5.41, 5.74) is 5.66. The van der Waals surface area contributed by atoms with Gasteiger partial charge in [-0.25, -0.2) is 9.98 Å². The van der Waals surface area contributed by atoms with Gasteiger partial charge in [-0.3, -0.25) is 4.98 Å². The summed E-state index contributed by atoms with van der Waals surface area (Å²) < 4.78 is 6.43. The van der Waals surface area contributed by atoms with Crippen LogP contribution < -0.4 is 10.3 Å². The van der Waals surface area contributed by atoms with Crippen molar-refractivity contribution in [2.45, 2.75) is 20.8 Å². The molecule has 5 rings (SSSR count). The third-order valence-corrected chi connectivity index (χ3v) is 5.69. The van der Waals surface area contributed by atoms with E-state index < -0.39 is 0 Å². The van der Waals surface area contributed by atoms with Gasteiger partial charge in [-0.15, -0.1) is 24.8 Å². The topological polar surface area (TPSA) is 54.5 Å². The summed E-state index contributed by atoms with van der Waals surface area (Å²) in [6.45, 7) is 8.32. The first-order valence-corrected chi connectivity index (χ1v) is 10.6. The van der Waals surface area contributed by atoms with Gasteiger partial charge >= 0.3 is 0 Å². The smallest absolute Gasteiger partial charge is 0.155 e. The van der Waals surface area contributed by atoms with Crippen LogP contribution in [0.3, 0.4) is 0 Å². The predicted molar refractivity (Wildman–Crippen MR) is 140 cm³/mol. The molecule has 1 aliphatic carbocycles. The Bertz CT molecular complexity index is 1430. The largest absolute Gasteiger partial charge is 0.453 e. The van der Waals surface area contributed by atoms with E-state index in [1.54, 1.807) is 12.4 Å². The molecular formula is C26H26Cl2N4O. The van der Waals surface area contributed by atoms with Gasteiger partial charge in [0.1, 0.15) is 11.2 Å². The van der Waals surface area contributed by atoms with Crippen molar-refractivity contribution >= 4 is 58.1 Å². The Hall–Kier alpha value is -3.15. The van der Waals surface area contributed by atoms with E-state index in [1.165, 1.54) is 0 Å². The van der Waals surface area contributed by atoms with E-state index in [4.69, 9.17) is 14.4 Å². The number of nitrogens with zero attached hydrogens (tertiary/aromatic N) is 4. The van der Waals surface area contributed by atoms with E-state index in [0.717, 1.165) is 68.7 Å². The van der Waals surface area contributed by atoms with Gasteiger partial charge in [0.25, 0.3) is 0 Å². The molecule has 0 atom stereocenters. The van der Waals surface area contributed by atoms with Crippen LogP contribution in [0.4, 0.5) is 11.4 Å².